The van der Waals surface area contributed by atoms with Gasteiger partial charge >= 0.3 is 12.1 Å². The Hall–Kier alpha value is -2.28. The molecule has 0 radical (unpaired) electrons. The number of benzene rings is 1. The van der Waals surface area contributed by atoms with Gasteiger partial charge in [0.2, 0.25) is 0 Å². The highest BCUT2D eigenvalue weighted by Gasteiger charge is 2.22. The molecule has 1 unspecified atom stereocenters. The van der Waals surface area contributed by atoms with Crippen LogP contribution in [0.5, 0.6) is 5.75 Å². The van der Waals surface area contributed by atoms with Gasteiger partial charge in [-0.25, -0.2) is 9.59 Å². The van der Waals surface area contributed by atoms with Crippen molar-refractivity contribution in [2.45, 2.75) is 84.3 Å². The molecule has 1 N–H and O–H groups in total. The topological polar surface area (TPSA) is 85.3 Å². The van der Waals surface area contributed by atoms with Gasteiger partial charge in [0.05, 0.1) is 6.54 Å². The molecule has 1 fully saturated rings. The number of carbonyl (C=O) groups is 2. The molecule has 0 heterocycles. The summed E-state index contributed by atoms with van der Waals surface area (Å²) in [5, 5.41) is 9.24. The molecular formula is C26H41NO6. The number of rotatable bonds is 14. The molecule has 0 aromatic heterocycles. The highest BCUT2D eigenvalue weighted by molar-refractivity contribution is 5.72. The summed E-state index contributed by atoms with van der Waals surface area (Å²) in [6.45, 7) is 8.02. The number of carboxylic acid groups (broad SMARTS) is 1. The van der Waals surface area contributed by atoms with E-state index in [4.69, 9.17) is 14.2 Å². The van der Waals surface area contributed by atoms with E-state index in [1.54, 1.807) is 11.8 Å². The first kappa shape index (κ1) is 27.0. The predicted octanol–water partition coefficient (Wildman–Crippen LogP) is 5.31. The second-order valence-electron chi connectivity index (χ2n) is 9.15. The van der Waals surface area contributed by atoms with Crippen molar-refractivity contribution in [1.29, 1.82) is 0 Å². The van der Waals surface area contributed by atoms with E-state index in [1.807, 2.05) is 24.3 Å². The fourth-order valence-electron chi connectivity index (χ4n) is 4.01. The van der Waals surface area contributed by atoms with Crippen LogP contribution in [-0.4, -0.2) is 60.6 Å². The molecular weight excluding hydrogens is 422 g/mol. The van der Waals surface area contributed by atoms with Crippen molar-refractivity contribution in [3.8, 4) is 5.75 Å². The molecule has 0 aliphatic heterocycles. The lowest BCUT2D eigenvalue weighted by molar-refractivity contribution is -0.149. The minimum Gasteiger partial charge on any atom is -0.492 e. The average molecular weight is 464 g/mol. The van der Waals surface area contributed by atoms with Crippen molar-refractivity contribution in [2.75, 3.05) is 26.3 Å². The molecule has 2 rings (SSSR count). The number of amides is 1. The normalized spacial score (nSPS) is 15.3. The fourth-order valence-corrected chi connectivity index (χ4v) is 4.01. The Morgan fingerprint density at radius 1 is 1.09 bits per heavy atom. The summed E-state index contributed by atoms with van der Waals surface area (Å²) in [5.74, 6) is 0.319. The van der Waals surface area contributed by atoms with Crippen LogP contribution in [0.3, 0.4) is 0 Å². The van der Waals surface area contributed by atoms with E-state index in [-0.39, 0.29) is 12.2 Å². The molecule has 0 bridgehead atoms. The van der Waals surface area contributed by atoms with Crippen LogP contribution in [0, 0.1) is 5.92 Å². The van der Waals surface area contributed by atoms with Crippen LogP contribution in [-0.2, 0) is 20.7 Å². The van der Waals surface area contributed by atoms with E-state index < -0.39 is 12.1 Å². The summed E-state index contributed by atoms with van der Waals surface area (Å²) in [5.41, 5.74) is 0.870. The van der Waals surface area contributed by atoms with E-state index in [0.717, 1.165) is 44.1 Å². The maximum Gasteiger partial charge on any atom is 0.410 e. The van der Waals surface area contributed by atoms with Crippen LogP contribution in [0.25, 0.3) is 0 Å². The third-order valence-corrected chi connectivity index (χ3v) is 5.91. The van der Waals surface area contributed by atoms with Crippen molar-refractivity contribution in [1.82, 2.24) is 4.90 Å². The monoisotopic (exact) mass is 463 g/mol. The quantitative estimate of drug-likeness (QED) is 0.403. The second kappa shape index (κ2) is 14.8. The lowest BCUT2D eigenvalue weighted by atomic mass is 9.98. The first-order valence-corrected chi connectivity index (χ1v) is 12.4. The zero-order valence-corrected chi connectivity index (χ0v) is 20.5. The molecule has 1 amide bonds. The van der Waals surface area contributed by atoms with Gasteiger partial charge in [0.15, 0.2) is 6.10 Å². The maximum absolute atomic E-state index is 12.8. The Balaban J connectivity index is 1.85. The van der Waals surface area contributed by atoms with E-state index >= 15 is 0 Å². The van der Waals surface area contributed by atoms with Gasteiger partial charge in [0.1, 0.15) is 18.5 Å². The highest BCUT2D eigenvalue weighted by Crippen LogP contribution is 2.21. The smallest absolute Gasteiger partial charge is 0.410 e. The lowest BCUT2D eigenvalue weighted by Gasteiger charge is -2.27. The van der Waals surface area contributed by atoms with Crippen molar-refractivity contribution in [2.24, 2.45) is 5.92 Å². The van der Waals surface area contributed by atoms with Crippen molar-refractivity contribution in [3.05, 3.63) is 29.8 Å². The third kappa shape index (κ3) is 10.5. The Morgan fingerprint density at radius 3 is 2.39 bits per heavy atom. The molecule has 7 heteroatoms. The molecule has 0 saturated heterocycles. The van der Waals surface area contributed by atoms with Crippen LogP contribution in [0.1, 0.15) is 71.3 Å². The first-order chi connectivity index (χ1) is 15.9. The van der Waals surface area contributed by atoms with Gasteiger partial charge in [0, 0.05) is 19.6 Å². The van der Waals surface area contributed by atoms with Crippen LogP contribution < -0.4 is 4.74 Å². The molecule has 1 aliphatic carbocycles. The van der Waals surface area contributed by atoms with Crippen LogP contribution in [0.15, 0.2) is 24.3 Å². The third-order valence-electron chi connectivity index (χ3n) is 5.91. The van der Waals surface area contributed by atoms with E-state index in [2.05, 4.69) is 13.8 Å². The summed E-state index contributed by atoms with van der Waals surface area (Å²) in [6, 6.07) is 7.34. The number of ether oxygens (including phenoxy) is 3. The van der Waals surface area contributed by atoms with Crippen LogP contribution in [0.2, 0.25) is 0 Å². The van der Waals surface area contributed by atoms with Gasteiger partial charge in [-0.3, -0.25) is 0 Å². The van der Waals surface area contributed by atoms with Gasteiger partial charge in [-0.2, -0.15) is 0 Å². The molecule has 1 saturated carbocycles. The summed E-state index contributed by atoms with van der Waals surface area (Å²) >= 11 is 0. The molecule has 7 nitrogen and oxygen atoms in total. The minimum atomic E-state index is -0.963. The zero-order valence-electron chi connectivity index (χ0n) is 20.5. The van der Waals surface area contributed by atoms with Crippen LogP contribution >= 0.6 is 0 Å². The Morgan fingerprint density at radius 2 is 1.79 bits per heavy atom. The number of carbonyl (C=O) groups excluding carboxylic acids is 1. The molecule has 186 valence electrons. The van der Waals surface area contributed by atoms with Gasteiger partial charge in [0.25, 0.3) is 0 Å². The molecule has 1 aromatic carbocycles. The van der Waals surface area contributed by atoms with E-state index in [0.29, 0.717) is 44.4 Å². The number of hydrogen-bond donors (Lipinski definition) is 1. The average Bonchev–Trinajstić information content (AvgIpc) is 2.79. The number of carboxylic acids is 1. The van der Waals surface area contributed by atoms with E-state index in [9.17, 15) is 14.7 Å². The molecule has 33 heavy (non-hydrogen) atoms. The highest BCUT2D eigenvalue weighted by atomic mass is 16.6. The Kier molecular flexibility index (Phi) is 12.1. The molecule has 1 aliphatic rings. The van der Waals surface area contributed by atoms with Gasteiger partial charge in [-0.1, -0.05) is 32.4 Å². The molecule has 1 aromatic rings. The predicted molar refractivity (Wildman–Crippen MR) is 128 cm³/mol. The summed E-state index contributed by atoms with van der Waals surface area (Å²) in [4.78, 5) is 25.8. The number of aliphatic carboxylic acids is 1. The van der Waals surface area contributed by atoms with Gasteiger partial charge in [-0.05, 0) is 69.1 Å². The second-order valence-corrected chi connectivity index (χ2v) is 9.15. The van der Waals surface area contributed by atoms with Gasteiger partial charge < -0.3 is 24.2 Å². The maximum atomic E-state index is 12.8. The summed E-state index contributed by atoms with van der Waals surface area (Å²) in [6.07, 6.45) is 6.66. The zero-order chi connectivity index (χ0) is 24.1. The molecule has 1 atom stereocenters. The first-order valence-electron chi connectivity index (χ1n) is 12.4. The van der Waals surface area contributed by atoms with Crippen LogP contribution in [0.4, 0.5) is 4.79 Å². The number of hydrogen-bond acceptors (Lipinski definition) is 5. The lowest BCUT2D eigenvalue weighted by Crippen LogP contribution is -2.38. The van der Waals surface area contributed by atoms with Crippen molar-refractivity contribution >= 4 is 12.1 Å². The molecule has 0 spiro atoms. The van der Waals surface area contributed by atoms with E-state index in [1.165, 1.54) is 6.42 Å². The summed E-state index contributed by atoms with van der Waals surface area (Å²) < 4.78 is 16.9. The largest absolute Gasteiger partial charge is 0.492 e. The Labute approximate surface area is 198 Å². The fraction of sp³-hybridized carbons (Fsp3) is 0.692. The minimum absolute atomic E-state index is 0.0404. The number of nitrogens with zero attached hydrogens (tertiary/aromatic N) is 1. The summed E-state index contributed by atoms with van der Waals surface area (Å²) in [7, 11) is 0. The standard InChI is InChI=1S/C26H41NO6/c1-4-31-24(25(28)29)19-21-12-14-22(15-13-21)32-18-17-27(16-8-9-20(2)3)26(30)33-23-10-6-5-7-11-23/h12-15,20,23-24H,4-11,16-19H2,1-3H3,(H,28,29). The van der Waals surface area contributed by atoms with Gasteiger partial charge in [-0.15, -0.1) is 0 Å². The van der Waals surface area contributed by atoms with Crippen molar-refractivity contribution < 1.29 is 28.9 Å². The van der Waals surface area contributed by atoms with Crippen molar-refractivity contribution in [3.63, 3.8) is 0 Å². The SMILES string of the molecule is CCOC(Cc1ccc(OCCN(CCCC(C)C)C(=O)OC2CCCCC2)cc1)C(=O)O. The Bertz CT molecular complexity index is 699.